The molecule has 5 rings (SSSR count). The fraction of sp³-hybridized carbons (Fsp3) is 0.348. The highest BCUT2D eigenvalue weighted by atomic mass is 16.5. The average Bonchev–Trinajstić information content (AvgIpc) is 3.40. The zero-order chi connectivity index (χ0) is 22.2. The van der Waals surface area contributed by atoms with Crippen LogP contribution in [-0.4, -0.2) is 47.7 Å². The first kappa shape index (κ1) is 20.2. The maximum atomic E-state index is 12.9. The molecule has 1 fully saturated rings. The molecule has 4 heterocycles. The second kappa shape index (κ2) is 8.07. The Kier molecular flexibility index (Phi) is 5.08. The predicted molar refractivity (Wildman–Crippen MR) is 118 cm³/mol. The van der Waals surface area contributed by atoms with Gasteiger partial charge < -0.3 is 9.42 Å². The van der Waals surface area contributed by atoms with E-state index in [2.05, 4.69) is 15.2 Å². The molecular formula is C23H24N6O3. The molecule has 164 valence electrons. The van der Waals surface area contributed by atoms with Crippen molar-refractivity contribution in [2.24, 2.45) is 0 Å². The van der Waals surface area contributed by atoms with Crippen LogP contribution in [0.2, 0.25) is 0 Å². The van der Waals surface area contributed by atoms with Crippen molar-refractivity contribution in [2.45, 2.75) is 45.7 Å². The second-order valence-electron chi connectivity index (χ2n) is 8.28. The summed E-state index contributed by atoms with van der Waals surface area (Å²) in [6.07, 6.45) is 4.71. The van der Waals surface area contributed by atoms with Crippen LogP contribution in [0.4, 0.5) is 0 Å². The van der Waals surface area contributed by atoms with Gasteiger partial charge in [0.25, 0.3) is 5.89 Å². The average molecular weight is 432 g/mol. The molecule has 0 bridgehead atoms. The fourth-order valence-electron chi connectivity index (χ4n) is 4.23. The third-order valence-corrected chi connectivity index (χ3v) is 5.95. The van der Waals surface area contributed by atoms with Crippen LogP contribution >= 0.6 is 0 Å². The third kappa shape index (κ3) is 3.59. The summed E-state index contributed by atoms with van der Waals surface area (Å²) in [4.78, 5) is 32.1. The Hall–Kier alpha value is -3.75. The fourth-order valence-corrected chi connectivity index (χ4v) is 4.23. The van der Waals surface area contributed by atoms with Gasteiger partial charge in [-0.3, -0.25) is 4.79 Å². The van der Waals surface area contributed by atoms with Crippen LogP contribution in [0.25, 0.3) is 28.5 Å². The van der Waals surface area contributed by atoms with E-state index in [4.69, 9.17) is 4.52 Å². The van der Waals surface area contributed by atoms with Gasteiger partial charge in [-0.15, -0.1) is 5.10 Å². The molecule has 1 aromatic carbocycles. The van der Waals surface area contributed by atoms with Gasteiger partial charge >= 0.3 is 5.69 Å². The van der Waals surface area contributed by atoms with E-state index >= 15 is 0 Å². The minimum atomic E-state index is -0.377. The van der Waals surface area contributed by atoms with Crippen molar-refractivity contribution in [1.29, 1.82) is 0 Å². The summed E-state index contributed by atoms with van der Waals surface area (Å²) < 4.78 is 8.10. The zero-order valence-corrected chi connectivity index (χ0v) is 18.1. The summed E-state index contributed by atoms with van der Waals surface area (Å²) in [5.74, 6) is 0.630. The molecule has 1 aliphatic heterocycles. The van der Waals surface area contributed by atoms with E-state index < -0.39 is 0 Å². The molecule has 3 aromatic heterocycles. The quantitative estimate of drug-likeness (QED) is 0.492. The largest absolute Gasteiger partial charge is 0.350 e. The predicted octanol–water partition coefficient (Wildman–Crippen LogP) is 2.92. The van der Waals surface area contributed by atoms with Crippen LogP contribution in [0.1, 0.15) is 31.7 Å². The summed E-state index contributed by atoms with van der Waals surface area (Å²) in [7, 11) is 0. The first-order valence-corrected chi connectivity index (χ1v) is 10.8. The number of pyridine rings is 1. The number of amides is 1. The topological polar surface area (TPSA) is 98.5 Å². The van der Waals surface area contributed by atoms with Crippen molar-refractivity contribution in [3.63, 3.8) is 0 Å². The number of carbonyl (C=O) groups excluding carboxylic acids is 1. The van der Waals surface area contributed by atoms with Crippen molar-refractivity contribution >= 4 is 11.6 Å². The molecule has 9 nitrogen and oxygen atoms in total. The van der Waals surface area contributed by atoms with Crippen molar-refractivity contribution in [3.05, 3.63) is 58.6 Å². The molecule has 1 atom stereocenters. The minimum absolute atomic E-state index is 0.0937. The molecule has 32 heavy (non-hydrogen) atoms. The second-order valence-corrected chi connectivity index (χ2v) is 8.28. The molecule has 9 heteroatoms. The molecule has 4 aromatic rings. The molecule has 1 saturated heterocycles. The number of likely N-dealkylation sites (tertiary alicyclic amines) is 1. The molecule has 0 unspecified atom stereocenters. The van der Waals surface area contributed by atoms with E-state index in [1.165, 1.54) is 9.08 Å². The first-order valence-electron chi connectivity index (χ1n) is 10.8. The Labute approximate surface area is 184 Å². The molecule has 0 saturated carbocycles. The molecule has 0 spiro atoms. The lowest BCUT2D eigenvalue weighted by Crippen LogP contribution is -2.44. The standard InChI is InChI=1S/C23H24N6O3/c1-15-7-5-9-17(13-15)20-24-22(32-26-20)18-10-6-12-28-21(18)25-29(23(28)31)14-19(30)27-11-4-3-8-16(27)2/h5-7,9-10,12-13,16H,3-4,8,11,14H2,1-2H3/t16-/m1/s1. The van der Waals surface area contributed by atoms with Gasteiger partial charge in [-0.2, -0.15) is 4.98 Å². The van der Waals surface area contributed by atoms with Gasteiger partial charge in [0.2, 0.25) is 11.7 Å². The van der Waals surface area contributed by atoms with Crippen LogP contribution < -0.4 is 5.69 Å². The summed E-state index contributed by atoms with van der Waals surface area (Å²) in [5, 5.41) is 8.53. The Bertz CT molecular complexity index is 1350. The number of rotatable bonds is 4. The number of nitrogens with zero attached hydrogens (tertiary/aromatic N) is 6. The van der Waals surface area contributed by atoms with Crippen molar-refractivity contribution < 1.29 is 9.32 Å². The van der Waals surface area contributed by atoms with E-state index in [-0.39, 0.29) is 30.1 Å². The summed E-state index contributed by atoms with van der Waals surface area (Å²) in [5.41, 5.74) is 2.47. The van der Waals surface area contributed by atoms with E-state index in [1.807, 2.05) is 43.0 Å². The number of fused-ring (bicyclic) bond motifs is 1. The van der Waals surface area contributed by atoms with Gasteiger partial charge in [0.15, 0.2) is 5.65 Å². The Balaban J connectivity index is 1.48. The summed E-state index contributed by atoms with van der Waals surface area (Å²) in [6.45, 7) is 4.67. The van der Waals surface area contributed by atoms with Gasteiger partial charge in [-0.05, 0) is 51.3 Å². The van der Waals surface area contributed by atoms with E-state index in [9.17, 15) is 9.59 Å². The number of aromatic nitrogens is 5. The molecular weight excluding hydrogens is 408 g/mol. The van der Waals surface area contributed by atoms with Crippen LogP contribution in [-0.2, 0) is 11.3 Å². The van der Waals surface area contributed by atoms with Crippen LogP contribution in [0.15, 0.2) is 51.9 Å². The van der Waals surface area contributed by atoms with E-state index in [1.54, 1.807) is 18.3 Å². The lowest BCUT2D eigenvalue weighted by molar-refractivity contribution is -0.135. The lowest BCUT2D eigenvalue weighted by Gasteiger charge is -2.33. The zero-order valence-electron chi connectivity index (χ0n) is 18.1. The van der Waals surface area contributed by atoms with Crippen molar-refractivity contribution in [2.75, 3.05) is 6.54 Å². The minimum Gasteiger partial charge on any atom is -0.338 e. The number of hydrogen-bond donors (Lipinski definition) is 0. The van der Waals surface area contributed by atoms with Crippen molar-refractivity contribution in [1.82, 2.24) is 29.2 Å². The lowest BCUT2D eigenvalue weighted by atomic mass is 10.0. The maximum Gasteiger partial charge on any atom is 0.350 e. The van der Waals surface area contributed by atoms with Crippen molar-refractivity contribution in [3.8, 4) is 22.8 Å². The number of aryl methyl sites for hydroxylation is 1. The van der Waals surface area contributed by atoms with Gasteiger partial charge in [0.1, 0.15) is 6.54 Å². The Morgan fingerprint density at radius 3 is 2.91 bits per heavy atom. The molecule has 0 N–H and O–H groups in total. The number of piperidine rings is 1. The number of carbonyl (C=O) groups is 1. The Morgan fingerprint density at radius 2 is 2.09 bits per heavy atom. The maximum absolute atomic E-state index is 12.9. The Morgan fingerprint density at radius 1 is 1.22 bits per heavy atom. The monoisotopic (exact) mass is 432 g/mol. The highest BCUT2D eigenvalue weighted by molar-refractivity contribution is 5.77. The van der Waals surface area contributed by atoms with E-state index in [0.29, 0.717) is 17.0 Å². The van der Waals surface area contributed by atoms with Crippen LogP contribution in [0.5, 0.6) is 0 Å². The normalized spacial score (nSPS) is 16.6. The number of hydrogen-bond acceptors (Lipinski definition) is 6. The van der Waals surface area contributed by atoms with Crippen LogP contribution in [0.3, 0.4) is 0 Å². The summed E-state index contributed by atoms with van der Waals surface area (Å²) in [6, 6.07) is 11.5. The van der Waals surface area contributed by atoms with Crippen LogP contribution in [0, 0.1) is 6.92 Å². The van der Waals surface area contributed by atoms with Gasteiger partial charge in [-0.1, -0.05) is 28.9 Å². The molecule has 1 amide bonds. The molecule has 0 aliphatic carbocycles. The van der Waals surface area contributed by atoms with E-state index in [0.717, 1.165) is 36.9 Å². The SMILES string of the molecule is Cc1cccc(-c2noc(-c3cccn4c(=O)n(CC(=O)N5CCCC[C@H]5C)nc34)n2)c1. The van der Waals surface area contributed by atoms with Gasteiger partial charge in [0.05, 0.1) is 5.56 Å². The highest BCUT2D eigenvalue weighted by Crippen LogP contribution is 2.25. The van der Waals surface area contributed by atoms with Gasteiger partial charge in [-0.25, -0.2) is 13.9 Å². The third-order valence-electron chi connectivity index (χ3n) is 5.95. The highest BCUT2D eigenvalue weighted by Gasteiger charge is 2.25. The smallest absolute Gasteiger partial charge is 0.338 e. The first-order chi connectivity index (χ1) is 15.5. The van der Waals surface area contributed by atoms with Gasteiger partial charge in [0, 0.05) is 24.3 Å². The number of benzene rings is 1. The summed E-state index contributed by atoms with van der Waals surface area (Å²) >= 11 is 0. The molecule has 1 aliphatic rings. The molecule has 0 radical (unpaired) electrons.